The third-order valence-electron chi connectivity index (χ3n) is 2.86. The lowest BCUT2D eigenvalue weighted by molar-refractivity contribution is -1.92. The van der Waals surface area contributed by atoms with E-state index in [9.17, 15) is 23.9 Å². The Bertz CT molecular complexity index is 478. The highest BCUT2D eigenvalue weighted by Gasteiger charge is 2.50. The summed E-state index contributed by atoms with van der Waals surface area (Å²) in [6.45, 7) is 0.00431. The maximum atomic E-state index is 11.1. The van der Waals surface area contributed by atoms with Crippen molar-refractivity contribution < 1.29 is 42.9 Å². The van der Waals surface area contributed by atoms with Gasteiger partial charge in [0.05, 0.1) is 35.7 Å². The van der Waals surface area contributed by atoms with Crippen molar-refractivity contribution in [3.63, 3.8) is 0 Å². The number of carboxylic acid groups (broad SMARTS) is 1. The fourth-order valence-electron chi connectivity index (χ4n) is 2.55. The van der Waals surface area contributed by atoms with E-state index in [1.165, 1.54) is 0 Å². The van der Waals surface area contributed by atoms with Crippen LogP contribution >= 0.6 is 0 Å². The number of hydrogen-bond donors (Lipinski definition) is 0. The van der Waals surface area contributed by atoms with Crippen LogP contribution in [0.3, 0.4) is 0 Å². The highest BCUT2D eigenvalue weighted by Crippen LogP contribution is 2.27. The van der Waals surface area contributed by atoms with Crippen LogP contribution in [-0.2, 0) is 15.5 Å². The Morgan fingerprint density at radius 2 is 1.73 bits per heavy atom. The zero-order valence-electron chi connectivity index (χ0n) is 12.8. The molecule has 0 heterocycles. The number of carbonyl (C=O) groups excluding carboxylic acids is 1. The fraction of sp³-hybridized carbons (Fsp3) is 0.500. The van der Waals surface area contributed by atoms with Crippen molar-refractivity contribution in [3.05, 3.63) is 35.9 Å². The summed E-state index contributed by atoms with van der Waals surface area (Å²) in [6.07, 6.45) is -0.738. The van der Waals surface area contributed by atoms with E-state index in [0.717, 1.165) is 0 Å². The largest absolute Gasteiger partial charge is 0.550 e. The molecule has 7 nitrogen and oxygen atoms in total. The number of likely N-dealkylation sites (N-methyl/N-ethyl adjacent to an activating group) is 1. The van der Waals surface area contributed by atoms with E-state index in [0.29, 0.717) is 5.56 Å². The van der Waals surface area contributed by atoms with Crippen LogP contribution in [-0.4, -0.2) is 43.7 Å². The Balaban J connectivity index is 3.20. The van der Waals surface area contributed by atoms with Crippen LogP contribution in [0.1, 0.15) is 12.0 Å². The van der Waals surface area contributed by atoms with E-state index in [1.807, 2.05) is 0 Å². The van der Waals surface area contributed by atoms with E-state index in [1.54, 1.807) is 51.5 Å². The first-order chi connectivity index (χ1) is 9.91. The Kier molecular flexibility index (Phi) is 5.91. The van der Waals surface area contributed by atoms with Crippen LogP contribution in [0.15, 0.2) is 30.3 Å². The van der Waals surface area contributed by atoms with Crippen molar-refractivity contribution in [1.82, 2.24) is 0 Å². The average Bonchev–Trinajstić information content (AvgIpc) is 2.23. The molecule has 0 amide bonds. The molecule has 0 saturated heterocycles. The van der Waals surface area contributed by atoms with Crippen LogP contribution in [0.5, 0.6) is 0 Å². The molecule has 0 aliphatic rings. The van der Waals surface area contributed by atoms with Crippen molar-refractivity contribution in [3.8, 4) is 0 Å². The van der Waals surface area contributed by atoms with Crippen LogP contribution in [0.4, 0.5) is 0 Å². The molecule has 1 aromatic rings. The van der Waals surface area contributed by atoms with Crippen LogP contribution < -0.4 is 19.1 Å². The third kappa shape index (κ3) is 7.17. The quantitative estimate of drug-likeness (QED) is 0.460. The molecular weight excluding hydrogens is 314 g/mol. The van der Waals surface area contributed by atoms with Gasteiger partial charge in [-0.2, -0.15) is 14.0 Å². The molecule has 0 aromatic heterocycles. The van der Waals surface area contributed by atoms with E-state index >= 15 is 0 Å². The smallest absolute Gasteiger partial charge is 0.280 e. The zero-order valence-corrected chi connectivity index (χ0v) is 13.5. The van der Waals surface area contributed by atoms with Crippen LogP contribution in [0.2, 0.25) is 0 Å². The van der Waals surface area contributed by atoms with Gasteiger partial charge in [-0.15, -0.1) is 0 Å². The summed E-state index contributed by atoms with van der Waals surface area (Å²) in [5.41, 5.74) is -1.04. The molecule has 22 heavy (non-hydrogen) atoms. The van der Waals surface area contributed by atoms with Gasteiger partial charge in [-0.25, -0.2) is 0 Å². The second-order valence-corrected chi connectivity index (χ2v) is 7.21. The summed E-state index contributed by atoms with van der Waals surface area (Å²) in [4.78, 5) is 11.1. The third-order valence-corrected chi connectivity index (χ3v) is 3.37. The first kappa shape index (κ1) is 18.8. The molecule has 0 saturated carbocycles. The summed E-state index contributed by atoms with van der Waals surface area (Å²) in [7, 11) is 0.454. The van der Waals surface area contributed by atoms with Crippen molar-refractivity contribution in [2.75, 3.05) is 27.7 Å². The molecule has 124 valence electrons. The molecule has 1 aromatic carbocycles. The number of quaternary nitrogens is 1. The van der Waals surface area contributed by atoms with Gasteiger partial charge in [0, 0.05) is 18.8 Å². The number of rotatable bonds is 8. The summed E-state index contributed by atoms with van der Waals surface area (Å²) < 4.78 is 38.1. The molecule has 0 unspecified atom stereocenters. The average molecular weight is 334 g/mol. The maximum Gasteiger partial charge on any atom is 0.280 e. The number of carboxylic acids is 1. The van der Waals surface area contributed by atoms with Crippen molar-refractivity contribution >= 4 is 5.97 Å². The molecule has 0 aliphatic carbocycles. The maximum absolute atomic E-state index is 11.1. The minimum atomic E-state index is -4.77. The van der Waals surface area contributed by atoms with Crippen molar-refractivity contribution in [2.45, 2.75) is 18.4 Å². The fourth-order valence-corrected chi connectivity index (χ4v) is 3.11. The highest BCUT2D eigenvalue weighted by molar-refractivity contribution is 5.65. The van der Waals surface area contributed by atoms with E-state index in [4.69, 9.17) is 0 Å². The predicted molar refractivity (Wildman–Crippen MR) is 66.5 cm³/mol. The Hall–Kier alpha value is -1.22. The number of benzene rings is 1. The van der Waals surface area contributed by atoms with Gasteiger partial charge >= 0.3 is 0 Å². The topological polar surface area (TPSA) is 119 Å². The Labute approximate surface area is 131 Å². The lowest BCUT2D eigenvalue weighted by atomic mass is 9.90. The molecule has 0 radical (unpaired) electrons. The Morgan fingerprint density at radius 1 is 1.18 bits per heavy atom. The molecule has 1 rings (SSSR count). The summed E-state index contributed by atoms with van der Waals surface area (Å²) in [5, 5.41) is 11.1. The monoisotopic (exact) mass is 333 g/mol. The summed E-state index contributed by atoms with van der Waals surface area (Å²) in [5.74, 6) is -1.48. The Morgan fingerprint density at radius 3 is 2.14 bits per heavy atom. The normalized spacial score (nSPS) is 15.4. The number of carbonyl (C=O) groups is 1. The summed E-state index contributed by atoms with van der Waals surface area (Å²) >= 11 is 0. The molecule has 1 atom stereocenters. The van der Waals surface area contributed by atoms with Gasteiger partial charge < -0.3 is 14.4 Å². The highest BCUT2D eigenvalue weighted by atomic mass is 35.7. The van der Waals surface area contributed by atoms with E-state index in [-0.39, 0.29) is 17.4 Å². The summed E-state index contributed by atoms with van der Waals surface area (Å²) in [6, 6.07) is 8.64. The first-order valence-corrected chi connectivity index (χ1v) is 7.80. The lowest BCUT2D eigenvalue weighted by Gasteiger charge is -2.35. The van der Waals surface area contributed by atoms with Gasteiger partial charge in [0.25, 0.3) is 5.60 Å². The lowest BCUT2D eigenvalue weighted by Crippen LogP contribution is -2.67. The second-order valence-electron chi connectivity index (χ2n) is 6.30. The molecule has 0 spiro atoms. The number of aliphatic carboxylic acids is 1. The van der Waals surface area contributed by atoms with Gasteiger partial charge in [-0.1, -0.05) is 30.3 Å². The standard InChI is InChI=1S/C14H20ClNO6/c1-16(2,3)11-14(10-13(17)18,22-15(19,20)21)9-12-7-5-4-6-8-12/h4-8H,9-11H2,1-3H3/t14-/m1/s1. The number of nitrogens with zero attached hydrogens (tertiary/aromatic N) is 1. The molecular formula is C14H20ClNO6. The van der Waals surface area contributed by atoms with Gasteiger partial charge in [-0.05, 0) is 5.56 Å². The first-order valence-electron chi connectivity index (χ1n) is 6.57. The molecule has 8 heteroatoms. The SMILES string of the molecule is C[N+](C)(C)C[C@](CC(=O)[O-])(Cc1ccccc1)O[Cl+3]([O-])([O-])[O-]. The predicted octanol–water partition coefficient (Wildman–Crippen LogP) is -3.27. The van der Waals surface area contributed by atoms with E-state index in [2.05, 4.69) is 4.29 Å². The van der Waals surface area contributed by atoms with Gasteiger partial charge in [0.1, 0.15) is 6.54 Å². The van der Waals surface area contributed by atoms with Gasteiger partial charge in [-0.3, -0.25) is 0 Å². The number of hydrogen-bond acceptors (Lipinski definition) is 6. The van der Waals surface area contributed by atoms with Crippen molar-refractivity contribution in [1.29, 1.82) is 0 Å². The van der Waals surface area contributed by atoms with Gasteiger partial charge in [0.15, 0.2) is 0 Å². The molecule has 0 aliphatic heterocycles. The van der Waals surface area contributed by atoms with Crippen molar-refractivity contribution in [2.24, 2.45) is 0 Å². The van der Waals surface area contributed by atoms with E-state index < -0.39 is 28.2 Å². The van der Waals surface area contributed by atoms with Crippen LogP contribution in [0, 0.1) is 10.2 Å². The molecule has 0 fully saturated rings. The van der Waals surface area contributed by atoms with Gasteiger partial charge in [0.2, 0.25) is 0 Å². The molecule has 0 bridgehead atoms. The minimum Gasteiger partial charge on any atom is -0.550 e. The number of halogens is 1. The van der Waals surface area contributed by atoms with Crippen LogP contribution in [0.25, 0.3) is 0 Å². The minimum absolute atomic E-state index is 0.00431. The second kappa shape index (κ2) is 6.91. The zero-order chi connectivity index (χ0) is 17.0. The molecule has 0 N–H and O–H groups in total.